The minimum atomic E-state index is -4.79. The molecule has 0 radical (unpaired) electrons. The number of phosphoric acid groups is 1. The van der Waals surface area contributed by atoms with Crippen molar-refractivity contribution in [3.63, 3.8) is 0 Å². The molecule has 2 N–H and O–H groups in total. The van der Waals surface area contributed by atoms with Gasteiger partial charge in [-0.25, -0.2) is 4.57 Å². The van der Waals surface area contributed by atoms with Crippen LogP contribution in [0.3, 0.4) is 0 Å². The minimum absolute atomic E-state index is 0.0307. The van der Waals surface area contributed by atoms with Crippen LogP contribution in [0, 0.1) is 0 Å². The van der Waals surface area contributed by atoms with Crippen LogP contribution in [0.4, 0.5) is 0 Å². The smallest absolute Gasteiger partial charge is 0.462 e. The molecule has 0 amide bonds. The predicted octanol–water partition coefficient (Wildman–Crippen LogP) is 17.9. The first-order valence-corrected chi connectivity index (χ1v) is 31.2. The number of allylic oxidation sites excluding steroid dienone is 24. The lowest BCUT2D eigenvalue weighted by molar-refractivity contribution is -0.161. The summed E-state index contributed by atoms with van der Waals surface area (Å²) in [5, 5.41) is 9.83. The van der Waals surface area contributed by atoms with Gasteiger partial charge in [-0.2, -0.15) is 0 Å². The van der Waals surface area contributed by atoms with E-state index in [0.717, 1.165) is 141 Å². The molecule has 0 aromatic heterocycles. The number of rotatable bonds is 53. The molecular formula is C66H105O11P. The Morgan fingerprint density at radius 3 is 1.04 bits per heavy atom. The van der Waals surface area contributed by atoms with Gasteiger partial charge in [0.2, 0.25) is 0 Å². The summed E-state index contributed by atoms with van der Waals surface area (Å²) in [6, 6.07) is 0. The van der Waals surface area contributed by atoms with Crippen LogP contribution in [0.2, 0.25) is 0 Å². The van der Waals surface area contributed by atoms with Crippen LogP contribution < -0.4 is 0 Å². The molecule has 0 heterocycles. The Morgan fingerprint density at radius 1 is 0.359 bits per heavy atom. The van der Waals surface area contributed by atoms with Gasteiger partial charge in [0.05, 0.1) is 19.8 Å². The average Bonchev–Trinajstić information content (AvgIpc) is 3.43. The molecule has 3 unspecified atom stereocenters. The average molecular weight is 1110 g/mol. The highest BCUT2D eigenvalue weighted by Crippen LogP contribution is 2.43. The van der Waals surface area contributed by atoms with E-state index < -0.39 is 57.8 Å². The van der Waals surface area contributed by atoms with Gasteiger partial charge in [0, 0.05) is 19.3 Å². The van der Waals surface area contributed by atoms with E-state index in [1.165, 1.54) is 6.42 Å². The monoisotopic (exact) mass is 1100 g/mol. The summed E-state index contributed by atoms with van der Waals surface area (Å²) >= 11 is 0. The van der Waals surface area contributed by atoms with Gasteiger partial charge in [0.1, 0.15) is 12.7 Å². The van der Waals surface area contributed by atoms with E-state index in [1.54, 1.807) is 0 Å². The zero-order valence-electron chi connectivity index (χ0n) is 48.6. The Labute approximate surface area is 473 Å². The SMILES string of the molecule is CC/C=C\C/C=C\C/C=C\C/C=C\C/C=C\C/C=C\CCC(=O)OC(COC(=O)CCCCCCCCC/C=C\C/C=C\C/C=C\CC)COP(=O)(O)OCC(CO)OC(=O)CCCCCCC/C=C\C/C=C\C/C=C\CC. The van der Waals surface area contributed by atoms with Gasteiger partial charge < -0.3 is 24.2 Å². The van der Waals surface area contributed by atoms with E-state index in [9.17, 15) is 28.9 Å². The maximum atomic E-state index is 12.9. The molecule has 0 saturated heterocycles. The van der Waals surface area contributed by atoms with Gasteiger partial charge in [-0.15, -0.1) is 0 Å². The van der Waals surface area contributed by atoms with Crippen molar-refractivity contribution in [1.29, 1.82) is 0 Å². The van der Waals surface area contributed by atoms with E-state index in [1.807, 2.05) is 12.2 Å². The molecule has 12 heteroatoms. The number of unbranched alkanes of at least 4 members (excludes halogenated alkanes) is 12. The molecule has 440 valence electrons. The Hall–Kier alpha value is -4.64. The van der Waals surface area contributed by atoms with Crippen LogP contribution in [-0.4, -0.2) is 66.5 Å². The van der Waals surface area contributed by atoms with E-state index >= 15 is 0 Å². The Bertz CT molecular complexity index is 1860. The highest BCUT2D eigenvalue weighted by molar-refractivity contribution is 7.47. The molecule has 0 rings (SSSR count). The number of hydrogen-bond donors (Lipinski definition) is 2. The standard InChI is InChI=1S/C66H105O11P/c1-4-7-10-13-16-19-22-25-28-30-31-33-36-39-42-45-48-51-54-57-66(70)77-63(59-73-64(68)55-52-49-46-43-40-37-35-32-29-26-23-20-17-14-11-8-5-2)61-75-78(71,72)74-60-62(58-67)76-65(69)56-53-50-47-44-41-38-34-27-24-21-18-15-12-9-6-3/h7-12,16-21,25-29,31,33-34,39,42,48,51,62-63,67H,4-6,13-15,22-24,30,32,35-38,40-41,43-47,49-50,52-61H2,1-3H3,(H,71,72)/b10-7-,11-8-,12-9-,19-16-,20-17-,21-18-,28-25-,29-26-,33-31-,34-27-,42-39-,51-48-. The van der Waals surface area contributed by atoms with Crippen LogP contribution in [-0.2, 0) is 42.2 Å². The third kappa shape index (κ3) is 56.1. The van der Waals surface area contributed by atoms with Crippen molar-refractivity contribution in [2.75, 3.05) is 26.4 Å². The molecule has 78 heavy (non-hydrogen) atoms. The van der Waals surface area contributed by atoms with Crippen LogP contribution in [0.1, 0.15) is 213 Å². The highest BCUT2D eigenvalue weighted by Gasteiger charge is 2.28. The van der Waals surface area contributed by atoms with E-state index in [-0.39, 0.29) is 25.9 Å². The van der Waals surface area contributed by atoms with Crippen molar-refractivity contribution in [2.45, 2.75) is 226 Å². The number of carbonyl (C=O) groups is 3. The summed E-state index contributed by atoms with van der Waals surface area (Å²) in [6.45, 7) is 4.18. The van der Waals surface area contributed by atoms with Crippen molar-refractivity contribution < 1.29 is 52.2 Å². The second-order valence-corrected chi connectivity index (χ2v) is 20.5. The Morgan fingerprint density at radius 2 is 0.654 bits per heavy atom. The lowest BCUT2D eigenvalue weighted by Gasteiger charge is -2.21. The quantitative estimate of drug-likeness (QED) is 0.0197. The fraction of sp³-hybridized carbons (Fsp3) is 0.591. The fourth-order valence-corrected chi connectivity index (χ4v) is 8.13. The molecule has 11 nitrogen and oxygen atoms in total. The number of aliphatic hydroxyl groups is 1. The summed E-state index contributed by atoms with van der Waals surface area (Å²) < 4.78 is 39.5. The van der Waals surface area contributed by atoms with Crippen molar-refractivity contribution >= 4 is 25.7 Å². The molecule has 0 aliphatic rings. The van der Waals surface area contributed by atoms with Crippen molar-refractivity contribution in [2.24, 2.45) is 0 Å². The molecule has 0 aromatic carbocycles. The molecular weight excluding hydrogens is 1000 g/mol. The normalized spacial score (nSPS) is 14.4. The predicted molar refractivity (Wildman–Crippen MR) is 325 cm³/mol. The molecule has 0 aromatic rings. The minimum Gasteiger partial charge on any atom is -0.462 e. The number of ether oxygens (including phenoxy) is 3. The third-order valence-electron chi connectivity index (χ3n) is 11.8. The maximum Gasteiger partial charge on any atom is 0.472 e. The summed E-state index contributed by atoms with van der Waals surface area (Å²) in [5.41, 5.74) is 0. The summed E-state index contributed by atoms with van der Waals surface area (Å²) in [5.74, 6) is -1.61. The van der Waals surface area contributed by atoms with E-state index in [0.29, 0.717) is 25.7 Å². The molecule has 0 spiro atoms. The van der Waals surface area contributed by atoms with Gasteiger partial charge >= 0.3 is 25.7 Å². The van der Waals surface area contributed by atoms with Gasteiger partial charge in [-0.1, -0.05) is 218 Å². The number of carbonyl (C=O) groups excluding carboxylic acids is 3. The van der Waals surface area contributed by atoms with Gasteiger partial charge in [0.25, 0.3) is 0 Å². The Balaban J connectivity index is 4.88. The number of phosphoric ester groups is 1. The summed E-state index contributed by atoms with van der Waals surface area (Å²) in [6.07, 6.45) is 75.3. The highest BCUT2D eigenvalue weighted by atomic mass is 31.2. The lowest BCUT2D eigenvalue weighted by atomic mass is 10.1. The largest absolute Gasteiger partial charge is 0.472 e. The maximum absolute atomic E-state index is 12.9. The molecule has 0 aliphatic heterocycles. The van der Waals surface area contributed by atoms with Crippen LogP contribution in [0.5, 0.6) is 0 Å². The molecule has 0 fully saturated rings. The first kappa shape index (κ1) is 73.4. The second kappa shape index (κ2) is 58.5. The molecule has 0 bridgehead atoms. The summed E-state index contributed by atoms with van der Waals surface area (Å²) in [7, 11) is -4.79. The fourth-order valence-electron chi connectivity index (χ4n) is 7.35. The molecule has 0 aliphatic carbocycles. The Kier molecular flexibility index (Phi) is 55.0. The first-order chi connectivity index (χ1) is 38.2. The number of aliphatic hydroxyl groups excluding tert-OH is 1. The van der Waals surface area contributed by atoms with Crippen molar-refractivity contribution in [1.82, 2.24) is 0 Å². The van der Waals surface area contributed by atoms with Crippen LogP contribution >= 0.6 is 7.82 Å². The molecule has 0 saturated carbocycles. The van der Waals surface area contributed by atoms with Crippen LogP contribution in [0.25, 0.3) is 0 Å². The van der Waals surface area contributed by atoms with Crippen LogP contribution in [0.15, 0.2) is 146 Å². The third-order valence-corrected chi connectivity index (χ3v) is 12.7. The van der Waals surface area contributed by atoms with Crippen molar-refractivity contribution in [3.05, 3.63) is 146 Å². The zero-order chi connectivity index (χ0) is 56.9. The zero-order valence-corrected chi connectivity index (χ0v) is 49.5. The molecule has 3 atom stereocenters. The van der Waals surface area contributed by atoms with Gasteiger partial charge in [-0.3, -0.25) is 23.4 Å². The number of esters is 3. The van der Waals surface area contributed by atoms with Crippen molar-refractivity contribution in [3.8, 4) is 0 Å². The van der Waals surface area contributed by atoms with Gasteiger partial charge in [-0.05, 0) is 122 Å². The lowest BCUT2D eigenvalue weighted by Crippen LogP contribution is -2.30. The topological polar surface area (TPSA) is 155 Å². The second-order valence-electron chi connectivity index (χ2n) is 19.0. The van der Waals surface area contributed by atoms with E-state index in [2.05, 4.69) is 154 Å². The van der Waals surface area contributed by atoms with Gasteiger partial charge in [0.15, 0.2) is 6.10 Å². The number of hydrogen-bond acceptors (Lipinski definition) is 10. The van der Waals surface area contributed by atoms with E-state index in [4.69, 9.17) is 23.3 Å². The first-order valence-electron chi connectivity index (χ1n) is 29.7. The summed E-state index contributed by atoms with van der Waals surface area (Å²) in [4.78, 5) is 48.6.